The van der Waals surface area contributed by atoms with Crippen LogP contribution in [0.2, 0.25) is 0 Å². The summed E-state index contributed by atoms with van der Waals surface area (Å²) in [5, 5.41) is 6.48. The lowest BCUT2D eigenvalue weighted by atomic mass is 10.2. The Hall–Kier alpha value is -1.31. The highest BCUT2D eigenvalue weighted by Gasteiger charge is 2.00. The fourth-order valence-electron chi connectivity index (χ4n) is 1.80. The van der Waals surface area contributed by atoms with E-state index in [0.29, 0.717) is 13.0 Å². The Bertz CT molecular complexity index is 438. The number of nitrogens with one attached hydrogen (secondary N) is 2. The second-order valence-electron chi connectivity index (χ2n) is 4.64. The molecule has 0 amide bonds. The van der Waals surface area contributed by atoms with Crippen molar-refractivity contribution in [3.63, 3.8) is 0 Å². The first-order chi connectivity index (χ1) is 10.3. The molecule has 1 rings (SSSR count). The maximum Gasteiger partial charge on any atom is 0.305 e. The molecule has 0 atom stereocenters. The van der Waals surface area contributed by atoms with Gasteiger partial charge in [0.2, 0.25) is 0 Å². The number of nitrogens with zero attached hydrogens (tertiary/aromatic N) is 1. The van der Waals surface area contributed by atoms with Crippen LogP contribution >= 0.6 is 24.0 Å². The number of rotatable bonds is 8. The van der Waals surface area contributed by atoms with E-state index in [1.54, 1.807) is 0 Å². The number of carbonyl (C=O) groups excluding carboxylic acids is 1. The van der Waals surface area contributed by atoms with Crippen LogP contribution in [0.5, 0.6) is 0 Å². The summed E-state index contributed by atoms with van der Waals surface area (Å²) in [6, 6.07) is 10.1. The predicted molar refractivity (Wildman–Crippen MR) is 101 cm³/mol. The lowest BCUT2D eigenvalue weighted by Crippen LogP contribution is -2.37. The Labute approximate surface area is 149 Å². The molecular formula is C16H26IN3O2. The van der Waals surface area contributed by atoms with Crippen LogP contribution in [0.4, 0.5) is 0 Å². The molecule has 0 fully saturated rings. The number of ether oxygens (including phenoxy) is 1. The van der Waals surface area contributed by atoms with E-state index in [2.05, 4.69) is 32.5 Å². The van der Waals surface area contributed by atoms with Gasteiger partial charge >= 0.3 is 5.97 Å². The van der Waals surface area contributed by atoms with E-state index in [1.165, 1.54) is 12.7 Å². The van der Waals surface area contributed by atoms with Gasteiger partial charge in [-0.1, -0.05) is 30.3 Å². The Morgan fingerprint density at radius 2 is 1.91 bits per heavy atom. The molecule has 124 valence electrons. The summed E-state index contributed by atoms with van der Waals surface area (Å²) in [5.41, 5.74) is 1.18. The zero-order valence-corrected chi connectivity index (χ0v) is 15.6. The van der Waals surface area contributed by atoms with Crippen molar-refractivity contribution in [2.24, 2.45) is 4.99 Å². The fraction of sp³-hybridized carbons (Fsp3) is 0.500. The standard InChI is InChI=1S/C16H25N3O2.HI/c1-3-17-16(18-12-8-7-11-15(20)21-2)19-13-14-9-5-4-6-10-14;/h4-6,9-10H,3,7-8,11-13H2,1-2H3,(H2,17,18,19);1H. The zero-order valence-electron chi connectivity index (χ0n) is 13.3. The number of methoxy groups -OCH3 is 1. The summed E-state index contributed by atoms with van der Waals surface area (Å²) < 4.78 is 4.61. The lowest BCUT2D eigenvalue weighted by Gasteiger charge is -2.11. The first-order valence-corrected chi connectivity index (χ1v) is 7.39. The summed E-state index contributed by atoms with van der Waals surface area (Å²) in [7, 11) is 1.42. The van der Waals surface area contributed by atoms with Gasteiger partial charge in [-0.3, -0.25) is 4.79 Å². The van der Waals surface area contributed by atoms with Crippen molar-refractivity contribution in [2.45, 2.75) is 32.7 Å². The number of halogens is 1. The number of hydrogen-bond donors (Lipinski definition) is 2. The number of benzene rings is 1. The number of aliphatic imine (C=N–C) groups is 1. The first kappa shape index (κ1) is 20.7. The molecule has 0 spiro atoms. The summed E-state index contributed by atoms with van der Waals surface area (Å²) >= 11 is 0. The third-order valence-corrected chi connectivity index (χ3v) is 2.93. The molecule has 5 nitrogen and oxygen atoms in total. The summed E-state index contributed by atoms with van der Waals surface area (Å²) in [6.07, 6.45) is 2.19. The van der Waals surface area contributed by atoms with Crippen molar-refractivity contribution in [2.75, 3.05) is 20.2 Å². The fourth-order valence-corrected chi connectivity index (χ4v) is 1.80. The highest BCUT2D eigenvalue weighted by molar-refractivity contribution is 14.0. The number of unbranched alkanes of at least 4 members (excludes halogenated alkanes) is 1. The molecule has 22 heavy (non-hydrogen) atoms. The SMILES string of the molecule is CCNC(=NCc1ccccc1)NCCCCC(=O)OC.I. The Morgan fingerprint density at radius 1 is 1.18 bits per heavy atom. The number of carbonyl (C=O) groups is 1. The number of hydrogen-bond acceptors (Lipinski definition) is 3. The van der Waals surface area contributed by atoms with Gasteiger partial charge in [-0.15, -0.1) is 24.0 Å². The molecule has 0 aromatic heterocycles. The van der Waals surface area contributed by atoms with E-state index < -0.39 is 0 Å². The molecule has 2 N–H and O–H groups in total. The maximum absolute atomic E-state index is 11.0. The average Bonchev–Trinajstić information content (AvgIpc) is 2.52. The van der Waals surface area contributed by atoms with E-state index >= 15 is 0 Å². The van der Waals surface area contributed by atoms with Crippen LogP contribution < -0.4 is 10.6 Å². The second kappa shape index (κ2) is 13.4. The predicted octanol–water partition coefficient (Wildman–Crippen LogP) is 2.70. The van der Waals surface area contributed by atoms with E-state index in [9.17, 15) is 4.79 Å². The molecule has 0 radical (unpaired) electrons. The van der Waals surface area contributed by atoms with Crippen molar-refractivity contribution in [3.8, 4) is 0 Å². The van der Waals surface area contributed by atoms with Crippen molar-refractivity contribution in [3.05, 3.63) is 35.9 Å². The normalized spacial score (nSPS) is 10.5. The summed E-state index contributed by atoms with van der Waals surface area (Å²) in [6.45, 7) is 4.30. The van der Waals surface area contributed by atoms with E-state index in [-0.39, 0.29) is 29.9 Å². The minimum absolute atomic E-state index is 0. The van der Waals surface area contributed by atoms with Crippen LogP contribution in [0, 0.1) is 0 Å². The largest absolute Gasteiger partial charge is 0.469 e. The van der Waals surface area contributed by atoms with Gasteiger partial charge in [0.1, 0.15) is 0 Å². The van der Waals surface area contributed by atoms with Crippen molar-refractivity contribution >= 4 is 35.9 Å². The Kier molecular flexibility index (Phi) is 12.6. The van der Waals surface area contributed by atoms with E-state index in [0.717, 1.165) is 31.9 Å². The van der Waals surface area contributed by atoms with Crippen molar-refractivity contribution < 1.29 is 9.53 Å². The van der Waals surface area contributed by atoms with Gasteiger partial charge in [-0.25, -0.2) is 4.99 Å². The Balaban J connectivity index is 0.00000441. The van der Waals surface area contributed by atoms with E-state index in [1.807, 2.05) is 25.1 Å². The molecule has 0 aliphatic heterocycles. The van der Waals surface area contributed by atoms with Crippen LogP contribution in [0.1, 0.15) is 31.7 Å². The van der Waals surface area contributed by atoms with Crippen molar-refractivity contribution in [1.82, 2.24) is 10.6 Å². The minimum atomic E-state index is -0.153. The van der Waals surface area contributed by atoms with Gasteiger partial charge in [-0.2, -0.15) is 0 Å². The molecule has 0 bridgehead atoms. The molecule has 0 saturated carbocycles. The minimum Gasteiger partial charge on any atom is -0.469 e. The molecule has 1 aromatic rings. The van der Waals surface area contributed by atoms with Crippen LogP contribution in [0.25, 0.3) is 0 Å². The molecule has 0 unspecified atom stereocenters. The quantitative estimate of drug-likeness (QED) is 0.224. The van der Waals surface area contributed by atoms with Crippen LogP contribution in [0.15, 0.2) is 35.3 Å². The molecule has 1 aromatic carbocycles. The van der Waals surface area contributed by atoms with Gasteiger partial charge in [0.15, 0.2) is 5.96 Å². The van der Waals surface area contributed by atoms with Gasteiger partial charge < -0.3 is 15.4 Å². The second-order valence-corrected chi connectivity index (χ2v) is 4.64. The summed E-state index contributed by atoms with van der Waals surface area (Å²) in [5.74, 6) is 0.652. The topological polar surface area (TPSA) is 62.7 Å². The van der Waals surface area contributed by atoms with E-state index in [4.69, 9.17) is 0 Å². The van der Waals surface area contributed by atoms with Crippen LogP contribution in [0.3, 0.4) is 0 Å². The maximum atomic E-state index is 11.0. The smallest absolute Gasteiger partial charge is 0.305 e. The third-order valence-electron chi connectivity index (χ3n) is 2.93. The molecule has 0 heterocycles. The Morgan fingerprint density at radius 3 is 2.55 bits per heavy atom. The first-order valence-electron chi connectivity index (χ1n) is 7.39. The average molecular weight is 419 g/mol. The monoisotopic (exact) mass is 419 g/mol. The lowest BCUT2D eigenvalue weighted by molar-refractivity contribution is -0.140. The highest BCUT2D eigenvalue weighted by atomic mass is 127. The van der Waals surface area contributed by atoms with Crippen molar-refractivity contribution in [1.29, 1.82) is 0 Å². The number of esters is 1. The van der Waals surface area contributed by atoms with Gasteiger partial charge in [0.25, 0.3) is 0 Å². The van der Waals surface area contributed by atoms with Crippen LogP contribution in [-0.2, 0) is 16.1 Å². The van der Waals surface area contributed by atoms with Gasteiger partial charge in [-0.05, 0) is 25.3 Å². The summed E-state index contributed by atoms with van der Waals surface area (Å²) in [4.78, 5) is 15.5. The van der Waals surface area contributed by atoms with Gasteiger partial charge in [0, 0.05) is 19.5 Å². The molecule has 0 aliphatic carbocycles. The van der Waals surface area contributed by atoms with Gasteiger partial charge in [0.05, 0.1) is 13.7 Å². The zero-order chi connectivity index (χ0) is 15.3. The molecule has 0 saturated heterocycles. The third kappa shape index (κ3) is 9.59. The molecular weight excluding hydrogens is 393 g/mol. The molecule has 6 heteroatoms. The van der Waals surface area contributed by atoms with Crippen LogP contribution in [-0.4, -0.2) is 32.1 Å². The highest BCUT2D eigenvalue weighted by Crippen LogP contribution is 2.00. The number of guanidine groups is 1. The molecule has 0 aliphatic rings.